The summed E-state index contributed by atoms with van der Waals surface area (Å²) in [4.78, 5) is 39.9. The van der Waals surface area contributed by atoms with Gasteiger partial charge in [0.25, 0.3) is 5.56 Å². The molecule has 33 heavy (non-hydrogen) atoms. The van der Waals surface area contributed by atoms with Crippen molar-refractivity contribution in [1.82, 2.24) is 14.9 Å². The maximum Gasteiger partial charge on any atom is 0.333 e. The van der Waals surface area contributed by atoms with E-state index < -0.39 is 15.7 Å². The van der Waals surface area contributed by atoms with Crippen molar-refractivity contribution < 1.29 is 13.2 Å². The van der Waals surface area contributed by atoms with Crippen LogP contribution < -0.4 is 21.7 Å². The molecule has 0 saturated carbocycles. The third kappa shape index (κ3) is 5.11. The molecule has 170 valence electrons. The monoisotopic (exact) mass is 484 g/mol. The quantitative estimate of drug-likeness (QED) is 0.362. The van der Waals surface area contributed by atoms with Crippen LogP contribution in [0.3, 0.4) is 0 Å². The Morgan fingerprint density at radius 3 is 2.33 bits per heavy atom. The number of benzene rings is 2. The van der Waals surface area contributed by atoms with E-state index in [0.29, 0.717) is 28.9 Å². The van der Waals surface area contributed by atoms with Gasteiger partial charge in [-0.2, -0.15) is 0 Å². The average molecular weight is 485 g/mol. The molecule has 0 radical (unpaired) electrons. The minimum absolute atomic E-state index is 0.0401. The van der Waals surface area contributed by atoms with E-state index in [9.17, 15) is 22.8 Å². The summed E-state index contributed by atoms with van der Waals surface area (Å²) < 4.78 is 24.1. The number of thiophene rings is 1. The summed E-state index contributed by atoms with van der Waals surface area (Å²) in [7, 11) is -3.73. The van der Waals surface area contributed by atoms with Gasteiger partial charge in [-0.3, -0.25) is 9.59 Å². The van der Waals surface area contributed by atoms with Gasteiger partial charge in [-0.15, -0.1) is 11.3 Å². The lowest BCUT2D eigenvalue weighted by Crippen LogP contribution is -2.33. The molecule has 0 spiro atoms. The first-order chi connectivity index (χ1) is 15.7. The number of amides is 1. The number of rotatable bonds is 7. The van der Waals surface area contributed by atoms with Gasteiger partial charge in [0.05, 0.1) is 22.5 Å². The zero-order valence-electron chi connectivity index (χ0n) is 17.3. The standard InChI is InChI=1S/C22H20N4O5S2/c23-33(30,31)17-7-3-14(4-8-17)9-11-24-19(27)13-15-1-5-16(6-2-15)26-21(28)20-18(10-12-32-20)25-22(26)29/h1-8,10,12H,9,11,13H2,(H,24,27)(H,25,29)(H2,23,30,31). The molecule has 0 aliphatic rings. The van der Waals surface area contributed by atoms with Crippen molar-refractivity contribution in [3.05, 3.63) is 91.9 Å². The second-order valence-electron chi connectivity index (χ2n) is 7.37. The van der Waals surface area contributed by atoms with Crippen molar-refractivity contribution in [2.45, 2.75) is 17.7 Å². The molecule has 0 aliphatic carbocycles. The molecule has 0 aliphatic heterocycles. The summed E-state index contributed by atoms with van der Waals surface area (Å²) in [6, 6.07) is 14.5. The fraction of sp³-hybridized carbons (Fsp3) is 0.136. The predicted molar refractivity (Wildman–Crippen MR) is 126 cm³/mol. The highest BCUT2D eigenvalue weighted by Gasteiger charge is 2.11. The molecule has 9 nitrogen and oxygen atoms in total. The lowest BCUT2D eigenvalue weighted by molar-refractivity contribution is -0.120. The fourth-order valence-corrected chi connectivity index (χ4v) is 4.67. The zero-order valence-corrected chi connectivity index (χ0v) is 18.9. The van der Waals surface area contributed by atoms with Crippen molar-refractivity contribution in [3.8, 4) is 5.69 Å². The largest absolute Gasteiger partial charge is 0.355 e. The number of aromatic nitrogens is 2. The molecular weight excluding hydrogens is 464 g/mol. The first-order valence-electron chi connectivity index (χ1n) is 9.93. The van der Waals surface area contributed by atoms with Crippen LogP contribution in [0.15, 0.2) is 74.5 Å². The number of hydrogen-bond donors (Lipinski definition) is 3. The second-order valence-corrected chi connectivity index (χ2v) is 9.84. The Balaban J connectivity index is 1.36. The summed E-state index contributed by atoms with van der Waals surface area (Å²) in [5.41, 5.74) is 1.63. The number of sulfonamides is 1. The van der Waals surface area contributed by atoms with E-state index in [0.717, 1.165) is 15.7 Å². The SMILES string of the molecule is NS(=O)(=O)c1ccc(CCNC(=O)Cc2ccc(-n3c(=O)[nH]c4ccsc4c3=O)cc2)cc1. The van der Waals surface area contributed by atoms with E-state index >= 15 is 0 Å². The Hall–Kier alpha value is -3.54. The summed E-state index contributed by atoms with van der Waals surface area (Å²) in [5.74, 6) is -0.182. The van der Waals surface area contributed by atoms with Crippen LogP contribution in [0, 0.1) is 0 Å². The van der Waals surface area contributed by atoms with Gasteiger partial charge in [-0.1, -0.05) is 24.3 Å². The van der Waals surface area contributed by atoms with Crippen LogP contribution in [0.5, 0.6) is 0 Å². The zero-order chi connectivity index (χ0) is 23.6. The van der Waals surface area contributed by atoms with Crippen LogP contribution in [0.2, 0.25) is 0 Å². The first-order valence-corrected chi connectivity index (χ1v) is 12.4. The van der Waals surface area contributed by atoms with Gasteiger partial charge in [0.1, 0.15) is 4.70 Å². The highest BCUT2D eigenvalue weighted by atomic mass is 32.2. The fourth-order valence-electron chi connectivity index (χ4n) is 3.38. The topological polar surface area (TPSA) is 144 Å². The highest BCUT2D eigenvalue weighted by Crippen LogP contribution is 2.14. The van der Waals surface area contributed by atoms with Crippen molar-refractivity contribution in [1.29, 1.82) is 0 Å². The molecule has 0 fully saturated rings. The van der Waals surface area contributed by atoms with Gasteiger partial charge in [-0.25, -0.2) is 22.9 Å². The van der Waals surface area contributed by atoms with Crippen LogP contribution in [0.4, 0.5) is 0 Å². The Morgan fingerprint density at radius 1 is 1.00 bits per heavy atom. The Morgan fingerprint density at radius 2 is 1.67 bits per heavy atom. The summed E-state index contributed by atoms with van der Waals surface area (Å²) >= 11 is 1.26. The number of nitrogens with zero attached hydrogens (tertiary/aromatic N) is 1. The predicted octanol–water partition coefficient (Wildman–Crippen LogP) is 1.29. The van der Waals surface area contributed by atoms with Crippen LogP contribution in [0.25, 0.3) is 15.9 Å². The van der Waals surface area contributed by atoms with E-state index in [1.54, 1.807) is 47.8 Å². The highest BCUT2D eigenvalue weighted by molar-refractivity contribution is 7.89. The summed E-state index contributed by atoms with van der Waals surface area (Å²) in [5, 5.41) is 9.64. The molecule has 11 heteroatoms. The molecule has 4 aromatic rings. The smallest absolute Gasteiger partial charge is 0.333 e. The molecule has 4 N–H and O–H groups in total. The number of nitrogens with one attached hydrogen (secondary N) is 2. The number of fused-ring (bicyclic) bond motifs is 1. The molecule has 2 aromatic carbocycles. The summed E-state index contributed by atoms with van der Waals surface area (Å²) in [6.07, 6.45) is 0.673. The Labute approximate surface area is 192 Å². The lowest BCUT2D eigenvalue weighted by Gasteiger charge is -2.08. The molecule has 0 atom stereocenters. The van der Waals surface area contributed by atoms with E-state index in [1.165, 1.54) is 23.5 Å². The maximum absolute atomic E-state index is 12.6. The number of aromatic amines is 1. The third-order valence-corrected chi connectivity index (χ3v) is 6.89. The van der Waals surface area contributed by atoms with Crippen LogP contribution in [0.1, 0.15) is 11.1 Å². The van der Waals surface area contributed by atoms with Crippen LogP contribution in [-0.2, 0) is 27.7 Å². The maximum atomic E-state index is 12.6. The third-order valence-electron chi connectivity index (χ3n) is 5.05. The molecule has 1 amide bonds. The van der Waals surface area contributed by atoms with Crippen LogP contribution >= 0.6 is 11.3 Å². The van der Waals surface area contributed by atoms with E-state index in [4.69, 9.17) is 5.14 Å². The number of nitrogens with two attached hydrogens (primary N) is 1. The Bertz CT molecular complexity index is 1530. The van der Waals surface area contributed by atoms with E-state index in [1.807, 2.05) is 0 Å². The average Bonchev–Trinajstić information content (AvgIpc) is 3.23. The number of carbonyl (C=O) groups excluding carboxylic acids is 1. The number of H-pyrrole nitrogens is 1. The first kappa shape index (κ1) is 22.6. The van der Waals surface area contributed by atoms with Crippen molar-refractivity contribution in [3.63, 3.8) is 0 Å². The molecule has 0 unspecified atom stereocenters. The number of hydrogen-bond acceptors (Lipinski definition) is 6. The second kappa shape index (κ2) is 9.14. The van der Waals surface area contributed by atoms with Gasteiger partial charge >= 0.3 is 5.69 Å². The lowest BCUT2D eigenvalue weighted by atomic mass is 10.1. The van der Waals surface area contributed by atoms with Gasteiger partial charge in [0.15, 0.2) is 0 Å². The van der Waals surface area contributed by atoms with Crippen LogP contribution in [-0.4, -0.2) is 30.4 Å². The number of primary sulfonamides is 1. The molecule has 4 rings (SSSR count). The van der Waals surface area contributed by atoms with Gasteiger partial charge in [0.2, 0.25) is 15.9 Å². The van der Waals surface area contributed by atoms with E-state index in [-0.39, 0.29) is 22.8 Å². The van der Waals surface area contributed by atoms with Crippen molar-refractivity contribution in [2.24, 2.45) is 5.14 Å². The molecule has 2 heterocycles. The Kier molecular flexibility index (Phi) is 6.27. The van der Waals surface area contributed by atoms with Gasteiger partial charge < -0.3 is 10.3 Å². The minimum atomic E-state index is -3.73. The summed E-state index contributed by atoms with van der Waals surface area (Å²) in [6.45, 7) is 0.386. The molecule has 0 bridgehead atoms. The normalized spacial score (nSPS) is 11.5. The van der Waals surface area contributed by atoms with Crippen molar-refractivity contribution >= 4 is 37.5 Å². The van der Waals surface area contributed by atoms with Gasteiger partial charge in [-0.05, 0) is 53.3 Å². The van der Waals surface area contributed by atoms with Crippen molar-refractivity contribution in [2.75, 3.05) is 6.54 Å². The number of carbonyl (C=O) groups is 1. The molecular formula is C22H20N4O5S2. The molecule has 0 saturated heterocycles. The molecule has 2 aromatic heterocycles. The van der Waals surface area contributed by atoms with E-state index in [2.05, 4.69) is 10.3 Å². The van der Waals surface area contributed by atoms with Gasteiger partial charge in [0, 0.05) is 6.54 Å². The minimum Gasteiger partial charge on any atom is -0.355 e.